The van der Waals surface area contributed by atoms with Crippen molar-refractivity contribution in [3.63, 3.8) is 0 Å². The van der Waals surface area contributed by atoms with E-state index in [9.17, 15) is 0 Å². The van der Waals surface area contributed by atoms with E-state index in [0.717, 1.165) is 0 Å². The Morgan fingerprint density at radius 1 is 1.40 bits per heavy atom. The molecule has 0 heterocycles. The van der Waals surface area contributed by atoms with E-state index in [4.69, 9.17) is 3.54 Å². The Labute approximate surface area is 102 Å². The molecule has 19 valence electrons. The minimum absolute atomic E-state index is 0. The molecule has 0 unspecified atom stereocenters. The number of hydrogen-bond donors (Lipinski definition) is 0. The van der Waals surface area contributed by atoms with Crippen molar-refractivity contribution >= 4 is 18.6 Å². The van der Waals surface area contributed by atoms with Crippen molar-refractivity contribution in [3.8, 4) is 0 Å². The third kappa shape index (κ3) is 19.2. The zero-order valence-corrected chi connectivity index (χ0v) is 12.2. The van der Waals surface area contributed by atoms with Crippen LogP contribution < -0.4 is 18.9 Å². The average molecular weight is 325 g/mol. The fraction of sp³-hybridized carbons (Fsp3) is 0. The van der Waals surface area contributed by atoms with Crippen molar-refractivity contribution in [1.29, 1.82) is 0 Å². The maximum absolute atomic E-state index is 8.38. The van der Waals surface area contributed by atoms with Gasteiger partial charge < -0.3 is 1.43 Å². The Morgan fingerprint density at radius 2 is 1.40 bits per heavy atom. The third-order valence-corrected chi connectivity index (χ3v) is 0. The van der Waals surface area contributed by atoms with Crippen molar-refractivity contribution in [3.05, 3.63) is 0 Å². The summed E-state index contributed by atoms with van der Waals surface area (Å²) in [6.07, 6.45) is 0. The normalized spacial score (nSPS) is 0.600. The molecule has 0 fully saturated rings. The van der Waals surface area contributed by atoms with Crippen LogP contribution in [0, 0.1) is 35.6 Å². The van der Waals surface area contributed by atoms with Crippen LogP contribution in [0.2, 0.25) is 0 Å². The largest absolute Gasteiger partial charge is 0 e. The molecule has 0 aromatic heterocycles. The van der Waals surface area contributed by atoms with E-state index in [2.05, 4.69) is 0 Å². The molecule has 0 N–H and O–H groups in total. The summed E-state index contributed by atoms with van der Waals surface area (Å²) in [6.45, 7) is 0. The van der Waals surface area contributed by atoms with E-state index in [0.29, 0.717) is 0 Å². The molecule has 0 bridgehead atoms. The SMILES string of the molecule is [H-].[La].[Li+].[O]=[GaH].[Zr]. The predicted molar refractivity (Wildman–Crippen MR) is 8.95 cm³/mol. The second-order valence-electron chi connectivity index (χ2n) is 0. The van der Waals surface area contributed by atoms with E-state index in [1.165, 1.54) is 0 Å². The second-order valence-corrected chi connectivity index (χ2v) is 0. The summed E-state index contributed by atoms with van der Waals surface area (Å²) < 4.78 is 8.38. The van der Waals surface area contributed by atoms with E-state index >= 15 is 0 Å². The Kier molecular flexibility index (Phi) is 133. The first-order valence-electron chi connectivity index (χ1n) is 0.289. The summed E-state index contributed by atoms with van der Waals surface area (Å²) in [5.41, 5.74) is 0. The van der Waals surface area contributed by atoms with Gasteiger partial charge in [-0.3, -0.25) is 0 Å². The van der Waals surface area contributed by atoms with Crippen LogP contribution in [0.3, 0.4) is 0 Å². The molecule has 0 aromatic rings. The van der Waals surface area contributed by atoms with E-state index in [1.54, 1.807) is 0 Å². The monoisotopic (exact) mass is 323 g/mol. The van der Waals surface area contributed by atoms with Crippen LogP contribution in [0.25, 0.3) is 0 Å². The summed E-state index contributed by atoms with van der Waals surface area (Å²) in [6, 6.07) is 0. The minimum atomic E-state index is 0. The molecule has 0 aliphatic rings. The third-order valence-electron chi connectivity index (χ3n) is 0. The van der Waals surface area contributed by atoms with Crippen LogP contribution in [0.15, 0.2) is 0 Å². The summed E-state index contributed by atoms with van der Waals surface area (Å²) in [4.78, 5) is 0. The van der Waals surface area contributed by atoms with Crippen LogP contribution in [-0.2, 0) is 29.7 Å². The average Bonchev–Trinajstić information content (AvgIpc) is 1.00. The zero-order chi connectivity index (χ0) is 2.00. The summed E-state index contributed by atoms with van der Waals surface area (Å²) in [5, 5.41) is 0. The van der Waals surface area contributed by atoms with Gasteiger partial charge in [-0.2, -0.15) is 0 Å². The van der Waals surface area contributed by atoms with Gasteiger partial charge in [0.05, 0.1) is 0 Å². The molecule has 0 rings (SSSR count). The van der Waals surface area contributed by atoms with Crippen molar-refractivity contribution in [1.82, 2.24) is 0 Å². The molecule has 0 aromatic carbocycles. The predicted octanol–water partition coefficient (Wildman–Crippen LogP) is -3.65. The molecule has 0 saturated heterocycles. The van der Waals surface area contributed by atoms with Crippen LogP contribution in [0.5, 0.6) is 0 Å². The van der Waals surface area contributed by atoms with E-state index in [1.807, 2.05) is 0 Å². The zero-order valence-electron chi connectivity index (χ0n) is 4.19. The molecule has 0 spiro atoms. The summed E-state index contributed by atoms with van der Waals surface area (Å²) in [5.74, 6) is 0. The quantitative estimate of drug-likeness (QED) is 0.420. The molecule has 5 heteroatoms. The Morgan fingerprint density at radius 3 is 1.40 bits per heavy atom. The van der Waals surface area contributed by atoms with Gasteiger partial charge in [-0.15, -0.1) is 0 Å². The van der Waals surface area contributed by atoms with Gasteiger partial charge in [-0.1, -0.05) is 0 Å². The molecule has 1 nitrogen and oxygen atoms in total. The van der Waals surface area contributed by atoms with Crippen LogP contribution in [-0.4, -0.2) is 18.6 Å². The number of hydrogen-bond acceptors (Lipinski definition) is 1. The minimum Gasteiger partial charge on any atom is 0 e. The second kappa shape index (κ2) is 27.4. The standard InChI is InChI=1S/Ga.La.Li.O.Zr.2H/q;;+1;;;;-1. The van der Waals surface area contributed by atoms with Gasteiger partial charge in [0, 0.05) is 61.8 Å². The first-order chi connectivity index (χ1) is 1.00. The maximum Gasteiger partial charge on any atom is 0 e. The molecule has 0 aliphatic carbocycles. The first-order valence-corrected chi connectivity index (χ1v) is 1.50. The molecular weight excluding hydrogens is 323 g/mol. The van der Waals surface area contributed by atoms with Crippen molar-refractivity contribution in [2.45, 2.75) is 0 Å². The van der Waals surface area contributed by atoms with Crippen molar-refractivity contribution < 1.29 is 85.6 Å². The molecule has 0 atom stereocenters. The molecule has 1 radical (unpaired) electrons. The van der Waals surface area contributed by atoms with Gasteiger partial charge in [0.15, 0.2) is 0 Å². The van der Waals surface area contributed by atoms with Crippen LogP contribution >= 0.6 is 0 Å². The Hall–Kier alpha value is 3.11. The fourth-order valence-corrected chi connectivity index (χ4v) is 0. The topological polar surface area (TPSA) is 17.1 Å². The molecule has 0 saturated carbocycles. The molecule has 0 aliphatic heterocycles. The summed E-state index contributed by atoms with van der Waals surface area (Å²) >= 11 is 0.125. The summed E-state index contributed by atoms with van der Waals surface area (Å²) in [7, 11) is 0. The Balaban J connectivity index is -0.000000000833. The van der Waals surface area contributed by atoms with Gasteiger partial charge in [0.1, 0.15) is 0 Å². The van der Waals surface area contributed by atoms with Crippen LogP contribution in [0.1, 0.15) is 1.43 Å². The van der Waals surface area contributed by atoms with Gasteiger partial charge in [0.2, 0.25) is 0 Å². The van der Waals surface area contributed by atoms with E-state index in [-0.39, 0.29) is 101 Å². The van der Waals surface area contributed by atoms with Gasteiger partial charge in [0.25, 0.3) is 0 Å². The Bertz CT molecular complexity index is 15.5. The van der Waals surface area contributed by atoms with Gasteiger partial charge in [-0.05, 0) is 0 Å². The van der Waals surface area contributed by atoms with Crippen molar-refractivity contribution in [2.24, 2.45) is 0 Å². The molecular formula is H2GaLaLiOZr. The smallest absolute Gasteiger partial charge is 0 e. The first kappa shape index (κ1) is 24.3. The maximum atomic E-state index is 8.38. The van der Waals surface area contributed by atoms with Gasteiger partial charge in [-0.25, -0.2) is 0 Å². The van der Waals surface area contributed by atoms with Crippen LogP contribution in [0.4, 0.5) is 0 Å². The van der Waals surface area contributed by atoms with Gasteiger partial charge >= 0.3 is 41.0 Å². The molecule has 5 heavy (non-hydrogen) atoms. The molecule has 0 amide bonds. The van der Waals surface area contributed by atoms with E-state index < -0.39 is 0 Å². The fourth-order valence-electron chi connectivity index (χ4n) is 0. The van der Waals surface area contributed by atoms with Crippen molar-refractivity contribution in [2.75, 3.05) is 0 Å². The number of rotatable bonds is 0.